The Hall–Kier alpha value is -1.51. The third-order valence-electron chi connectivity index (χ3n) is 3.23. The number of nitrogens with zero attached hydrogens (tertiary/aromatic N) is 2. The van der Waals surface area contributed by atoms with Crippen LogP contribution in [0.4, 0.5) is 0 Å². The summed E-state index contributed by atoms with van der Waals surface area (Å²) in [4.78, 5) is 28.7. The lowest BCUT2D eigenvalue weighted by atomic mass is 10.3. The van der Waals surface area contributed by atoms with Gasteiger partial charge in [0.25, 0.3) is 0 Å². The molecule has 2 heterocycles. The maximum Gasteiger partial charge on any atom is 0.355 e. The quantitative estimate of drug-likeness (QED) is 0.673. The number of hydrogen-bond acceptors (Lipinski definition) is 6. The topological polar surface area (TPSA) is 94.6 Å². The molecule has 0 aromatic carbocycles. The Morgan fingerprint density at radius 3 is 3.05 bits per heavy atom. The lowest BCUT2D eigenvalue weighted by molar-refractivity contribution is -0.122. The van der Waals surface area contributed by atoms with Crippen LogP contribution >= 0.6 is 11.3 Å². The Bertz CT molecular complexity index is 484. The highest BCUT2D eigenvalue weighted by atomic mass is 32.1. The van der Waals surface area contributed by atoms with Crippen molar-refractivity contribution < 1.29 is 14.7 Å². The summed E-state index contributed by atoms with van der Waals surface area (Å²) < 4.78 is 0. The van der Waals surface area contributed by atoms with Crippen LogP contribution in [0.5, 0.6) is 0 Å². The van der Waals surface area contributed by atoms with Gasteiger partial charge in [0.1, 0.15) is 0 Å². The summed E-state index contributed by atoms with van der Waals surface area (Å²) in [7, 11) is 0. The third kappa shape index (κ3) is 5.41. The van der Waals surface area contributed by atoms with Crippen molar-refractivity contribution in [3.63, 3.8) is 0 Å². The van der Waals surface area contributed by atoms with Crippen LogP contribution in [0.25, 0.3) is 0 Å². The minimum absolute atomic E-state index is 0.00640. The van der Waals surface area contributed by atoms with Crippen LogP contribution in [0.2, 0.25) is 0 Å². The van der Waals surface area contributed by atoms with E-state index in [-0.39, 0.29) is 11.6 Å². The molecule has 0 bridgehead atoms. The van der Waals surface area contributed by atoms with Gasteiger partial charge in [-0.15, -0.1) is 11.3 Å². The number of aromatic carboxylic acids is 1. The molecule has 0 unspecified atom stereocenters. The van der Waals surface area contributed by atoms with Crippen molar-refractivity contribution in [2.75, 3.05) is 39.3 Å². The smallest absolute Gasteiger partial charge is 0.355 e. The lowest BCUT2D eigenvalue weighted by Gasteiger charge is -2.18. The molecule has 1 aliphatic heterocycles. The van der Waals surface area contributed by atoms with E-state index in [4.69, 9.17) is 5.11 Å². The number of carboxylic acid groups (broad SMARTS) is 1. The molecule has 1 fully saturated rings. The second-order valence-corrected chi connectivity index (χ2v) is 5.85. The molecular weight excluding hydrogens is 292 g/mol. The molecule has 1 aromatic heterocycles. The molecule has 1 saturated heterocycles. The van der Waals surface area contributed by atoms with E-state index in [1.165, 1.54) is 16.7 Å². The molecule has 1 aliphatic rings. The van der Waals surface area contributed by atoms with Crippen molar-refractivity contribution >= 4 is 23.2 Å². The second-order valence-electron chi connectivity index (χ2n) is 4.91. The molecular formula is C13H20N4O3S. The maximum absolute atomic E-state index is 11.8. The van der Waals surface area contributed by atoms with Gasteiger partial charge in [0.05, 0.1) is 11.6 Å². The van der Waals surface area contributed by atoms with E-state index in [0.29, 0.717) is 19.5 Å². The predicted octanol–water partition coefficient (Wildman–Crippen LogP) is -0.205. The first-order valence-corrected chi connectivity index (χ1v) is 7.90. The Morgan fingerprint density at radius 2 is 2.29 bits per heavy atom. The Kier molecular flexibility index (Phi) is 6.09. The molecule has 7 nitrogen and oxygen atoms in total. The molecule has 2 rings (SSSR count). The molecule has 1 aromatic rings. The van der Waals surface area contributed by atoms with E-state index in [9.17, 15) is 9.59 Å². The van der Waals surface area contributed by atoms with Gasteiger partial charge in [0, 0.05) is 31.4 Å². The number of hydrogen-bond donors (Lipinski definition) is 3. The molecule has 0 atom stereocenters. The van der Waals surface area contributed by atoms with Gasteiger partial charge in [0.2, 0.25) is 5.91 Å². The van der Waals surface area contributed by atoms with Crippen molar-refractivity contribution in [1.82, 2.24) is 20.5 Å². The molecule has 0 radical (unpaired) electrons. The van der Waals surface area contributed by atoms with Crippen molar-refractivity contribution in [2.45, 2.75) is 12.8 Å². The fraction of sp³-hybridized carbons (Fsp3) is 0.615. The zero-order valence-electron chi connectivity index (χ0n) is 11.8. The molecule has 0 aliphatic carbocycles. The number of nitrogens with one attached hydrogen (secondary N) is 2. The van der Waals surface area contributed by atoms with Crippen LogP contribution in [0.15, 0.2) is 5.38 Å². The van der Waals surface area contributed by atoms with E-state index in [2.05, 4.69) is 20.5 Å². The van der Waals surface area contributed by atoms with Gasteiger partial charge < -0.3 is 15.7 Å². The first-order valence-electron chi connectivity index (χ1n) is 7.02. The first-order chi connectivity index (χ1) is 10.1. The van der Waals surface area contributed by atoms with E-state index in [0.717, 1.165) is 37.6 Å². The fourth-order valence-electron chi connectivity index (χ4n) is 2.15. The van der Waals surface area contributed by atoms with Crippen LogP contribution in [-0.4, -0.2) is 66.1 Å². The van der Waals surface area contributed by atoms with Gasteiger partial charge in [-0.25, -0.2) is 9.78 Å². The molecule has 1 amide bonds. The molecule has 3 N–H and O–H groups in total. The number of rotatable bonds is 6. The van der Waals surface area contributed by atoms with Gasteiger partial charge >= 0.3 is 5.97 Å². The molecule has 8 heteroatoms. The Labute approximate surface area is 127 Å². The zero-order valence-corrected chi connectivity index (χ0v) is 12.6. The van der Waals surface area contributed by atoms with Gasteiger partial charge in [-0.2, -0.15) is 0 Å². The fourth-order valence-corrected chi connectivity index (χ4v) is 2.92. The number of carboxylic acids is 1. The van der Waals surface area contributed by atoms with Crippen molar-refractivity contribution in [2.24, 2.45) is 0 Å². The molecule has 0 spiro atoms. The number of thiazole rings is 1. The monoisotopic (exact) mass is 312 g/mol. The van der Waals surface area contributed by atoms with Gasteiger partial charge in [-0.1, -0.05) is 0 Å². The number of carbonyl (C=O) groups is 2. The predicted molar refractivity (Wildman–Crippen MR) is 79.7 cm³/mol. The van der Waals surface area contributed by atoms with Crippen molar-refractivity contribution in [1.29, 1.82) is 0 Å². The van der Waals surface area contributed by atoms with Crippen LogP contribution in [0.3, 0.4) is 0 Å². The normalized spacial score (nSPS) is 16.4. The summed E-state index contributed by atoms with van der Waals surface area (Å²) in [5.41, 5.74) is 0.0680. The van der Waals surface area contributed by atoms with Crippen molar-refractivity contribution in [3.05, 3.63) is 16.1 Å². The maximum atomic E-state index is 11.8. The van der Waals surface area contributed by atoms with Crippen LogP contribution in [0, 0.1) is 0 Å². The van der Waals surface area contributed by atoms with E-state index in [1.807, 2.05) is 0 Å². The third-order valence-corrected chi connectivity index (χ3v) is 4.14. The van der Waals surface area contributed by atoms with E-state index < -0.39 is 5.97 Å². The average molecular weight is 312 g/mol. The average Bonchev–Trinajstić information content (AvgIpc) is 2.77. The van der Waals surface area contributed by atoms with Gasteiger partial charge in [0.15, 0.2) is 5.69 Å². The SMILES string of the molecule is O=C(CN1CCCNCC1)NCCc1nc(C(=O)O)cs1. The molecule has 21 heavy (non-hydrogen) atoms. The van der Waals surface area contributed by atoms with Crippen molar-refractivity contribution in [3.8, 4) is 0 Å². The lowest BCUT2D eigenvalue weighted by Crippen LogP contribution is -2.39. The van der Waals surface area contributed by atoms with Crippen LogP contribution in [0.1, 0.15) is 21.9 Å². The van der Waals surface area contributed by atoms with Crippen LogP contribution in [-0.2, 0) is 11.2 Å². The number of aromatic nitrogens is 1. The highest BCUT2D eigenvalue weighted by Crippen LogP contribution is 2.09. The number of carbonyl (C=O) groups excluding carboxylic acids is 1. The summed E-state index contributed by atoms with van der Waals surface area (Å²) in [5.74, 6) is -1.01. The summed E-state index contributed by atoms with van der Waals surface area (Å²) in [6, 6.07) is 0. The summed E-state index contributed by atoms with van der Waals surface area (Å²) >= 11 is 1.31. The summed E-state index contributed by atoms with van der Waals surface area (Å²) in [6.45, 7) is 4.66. The van der Waals surface area contributed by atoms with Gasteiger partial charge in [-0.3, -0.25) is 9.69 Å². The highest BCUT2D eigenvalue weighted by Gasteiger charge is 2.13. The summed E-state index contributed by atoms with van der Waals surface area (Å²) in [6.07, 6.45) is 1.62. The molecule has 116 valence electrons. The second kappa shape index (κ2) is 8.06. The van der Waals surface area contributed by atoms with Gasteiger partial charge in [-0.05, 0) is 19.5 Å². The van der Waals surface area contributed by atoms with Crippen LogP contribution < -0.4 is 10.6 Å². The van der Waals surface area contributed by atoms with E-state index in [1.54, 1.807) is 0 Å². The minimum Gasteiger partial charge on any atom is -0.476 e. The largest absolute Gasteiger partial charge is 0.476 e. The first kappa shape index (κ1) is 15.9. The number of amides is 1. The highest BCUT2D eigenvalue weighted by molar-refractivity contribution is 7.09. The Balaban J connectivity index is 1.67. The van der Waals surface area contributed by atoms with E-state index >= 15 is 0 Å². The molecule has 0 saturated carbocycles. The standard InChI is InChI=1S/C13H20N4O3S/c18-11(8-17-6-1-3-14-5-7-17)15-4-2-12-16-10(9-21-12)13(19)20/h9,14H,1-8H2,(H,15,18)(H,19,20). The summed E-state index contributed by atoms with van der Waals surface area (Å²) in [5, 5.41) is 17.2. The minimum atomic E-state index is -1.02. The Morgan fingerprint density at radius 1 is 1.43 bits per heavy atom. The zero-order chi connectivity index (χ0) is 15.1.